The first kappa shape index (κ1) is 70.1. The Balaban J connectivity index is 4.01. The molecule has 0 aromatic heterocycles. The van der Waals surface area contributed by atoms with Gasteiger partial charge in [-0.3, -0.25) is 14.4 Å². The van der Waals surface area contributed by atoms with E-state index in [9.17, 15) is 14.4 Å². The molecule has 0 rings (SSSR count). The molecule has 0 bridgehead atoms. The molecule has 0 aromatic rings. The Morgan fingerprint density at radius 3 is 0.849 bits per heavy atom. The van der Waals surface area contributed by atoms with Crippen molar-refractivity contribution < 1.29 is 28.6 Å². The van der Waals surface area contributed by atoms with E-state index in [1.54, 1.807) is 0 Å². The number of hydrogen-bond acceptors (Lipinski definition) is 6. The van der Waals surface area contributed by atoms with Crippen molar-refractivity contribution in [1.29, 1.82) is 0 Å². The van der Waals surface area contributed by atoms with Crippen molar-refractivity contribution in [2.24, 2.45) is 0 Å². The molecule has 1 unspecified atom stereocenters. The van der Waals surface area contributed by atoms with Gasteiger partial charge in [0, 0.05) is 19.3 Å². The summed E-state index contributed by atoms with van der Waals surface area (Å²) in [6, 6.07) is 0. The van der Waals surface area contributed by atoms with E-state index in [0.717, 1.165) is 89.9 Å². The van der Waals surface area contributed by atoms with Crippen molar-refractivity contribution in [1.82, 2.24) is 0 Å². The Hall–Kier alpha value is -2.89. The number of allylic oxidation sites excluding steroid dienone is 10. The van der Waals surface area contributed by atoms with Crippen molar-refractivity contribution in [2.75, 3.05) is 13.2 Å². The summed E-state index contributed by atoms with van der Waals surface area (Å²) in [5, 5.41) is 0. The van der Waals surface area contributed by atoms with Gasteiger partial charge in [0.25, 0.3) is 0 Å². The Morgan fingerprint density at radius 1 is 0.288 bits per heavy atom. The van der Waals surface area contributed by atoms with Gasteiger partial charge in [-0.2, -0.15) is 0 Å². The predicted molar refractivity (Wildman–Crippen MR) is 316 cm³/mol. The zero-order valence-electron chi connectivity index (χ0n) is 48.7. The van der Waals surface area contributed by atoms with Gasteiger partial charge < -0.3 is 14.2 Å². The minimum atomic E-state index is -0.772. The molecule has 0 saturated carbocycles. The van der Waals surface area contributed by atoms with Crippen LogP contribution in [0.25, 0.3) is 0 Å². The second-order valence-electron chi connectivity index (χ2n) is 21.3. The van der Waals surface area contributed by atoms with Gasteiger partial charge in [0.15, 0.2) is 6.10 Å². The third-order valence-electron chi connectivity index (χ3n) is 14.0. The zero-order valence-corrected chi connectivity index (χ0v) is 48.7. The summed E-state index contributed by atoms with van der Waals surface area (Å²) in [6.45, 7) is 6.48. The van der Waals surface area contributed by atoms with Crippen molar-refractivity contribution in [3.8, 4) is 0 Å². The lowest BCUT2D eigenvalue weighted by molar-refractivity contribution is -0.167. The Labute approximate surface area is 453 Å². The van der Waals surface area contributed by atoms with Crippen LogP contribution in [0.5, 0.6) is 0 Å². The van der Waals surface area contributed by atoms with Crippen molar-refractivity contribution in [3.63, 3.8) is 0 Å². The highest BCUT2D eigenvalue weighted by molar-refractivity contribution is 5.71. The quantitative estimate of drug-likeness (QED) is 0.0261. The summed E-state index contributed by atoms with van der Waals surface area (Å²) < 4.78 is 16.8. The summed E-state index contributed by atoms with van der Waals surface area (Å²) in [5.74, 6) is -0.877. The summed E-state index contributed by atoms with van der Waals surface area (Å²) in [5.41, 5.74) is 0. The molecule has 0 aliphatic heterocycles. The van der Waals surface area contributed by atoms with E-state index < -0.39 is 6.10 Å². The van der Waals surface area contributed by atoms with Crippen LogP contribution in [0.2, 0.25) is 0 Å². The molecular formula is C67H120O6. The number of carbonyl (C=O) groups excluding carboxylic acids is 3. The lowest BCUT2D eigenvalue weighted by atomic mass is 10.0. The average molecular weight is 1020 g/mol. The molecule has 0 aromatic carbocycles. The number of esters is 3. The third-order valence-corrected chi connectivity index (χ3v) is 14.0. The molecule has 0 aliphatic rings. The number of rotatable bonds is 58. The number of unbranched alkanes of at least 4 members (excludes halogenated alkanes) is 37. The minimum absolute atomic E-state index is 0.0733. The van der Waals surface area contributed by atoms with Crippen LogP contribution in [0.15, 0.2) is 60.8 Å². The second-order valence-corrected chi connectivity index (χ2v) is 21.3. The molecule has 0 amide bonds. The molecule has 73 heavy (non-hydrogen) atoms. The van der Waals surface area contributed by atoms with Gasteiger partial charge in [-0.1, -0.05) is 287 Å². The lowest BCUT2D eigenvalue weighted by Gasteiger charge is -2.18. The summed E-state index contributed by atoms with van der Waals surface area (Å²) in [7, 11) is 0. The predicted octanol–water partition coefficient (Wildman–Crippen LogP) is 21.6. The van der Waals surface area contributed by atoms with Gasteiger partial charge in [-0.05, 0) is 83.5 Å². The topological polar surface area (TPSA) is 78.9 Å². The molecule has 0 radical (unpaired) electrons. The summed E-state index contributed by atoms with van der Waals surface area (Å²) in [4.78, 5) is 37.9. The first-order chi connectivity index (χ1) is 36.0. The van der Waals surface area contributed by atoms with E-state index in [1.807, 2.05) is 0 Å². The van der Waals surface area contributed by atoms with E-state index in [0.29, 0.717) is 19.3 Å². The first-order valence-electron chi connectivity index (χ1n) is 31.8. The summed E-state index contributed by atoms with van der Waals surface area (Å²) in [6.07, 6.45) is 78.5. The van der Waals surface area contributed by atoms with Crippen LogP contribution in [0, 0.1) is 0 Å². The van der Waals surface area contributed by atoms with Crippen molar-refractivity contribution in [3.05, 3.63) is 60.8 Å². The van der Waals surface area contributed by atoms with Crippen LogP contribution in [-0.2, 0) is 28.6 Å². The van der Waals surface area contributed by atoms with Gasteiger partial charge in [0.05, 0.1) is 0 Å². The molecule has 0 saturated heterocycles. The fraction of sp³-hybridized carbons (Fsp3) is 0.806. The Kier molecular flexibility index (Phi) is 59.2. The normalized spacial score (nSPS) is 12.4. The van der Waals surface area contributed by atoms with Crippen LogP contribution in [0.3, 0.4) is 0 Å². The monoisotopic (exact) mass is 1020 g/mol. The van der Waals surface area contributed by atoms with E-state index in [-0.39, 0.29) is 31.1 Å². The van der Waals surface area contributed by atoms with Crippen molar-refractivity contribution in [2.45, 2.75) is 335 Å². The highest BCUT2D eigenvalue weighted by Crippen LogP contribution is 2.17. The standard InChI is InChI=1S/C67H120O6/c1-4-7-10-13-15-17-19-21-23-25-27-29-31-32-33-34-36-37-39-41-43-45-47-49-51-54-57-60-66(69)72-63-64(62-71-65(68)59-56-53-12-9-6-3)73-67(70)61-58-55-52-50-48-46-44-42-40-38-35-30-28-26-24-22-20-18-16-14-11-8-5-2/h8,11,16,18,22,24-25,27-28,30,64H,4-7,9-10,12-15,17,19-21,23,26,29,31-63H2,1-3H3/b11-8-,18-16-,24-22-,27-25-,30-28-. The highest BCUT2D eigenvalue weighted by Gasteiger charge is 2.19. The minimum Gasteiger partial charge on any atom is -0.462 e. The van der Waals surface area contributed by atoms with E-state index in [1.165, 1.54) is 199 Å². The molecule has 1 atom stereocenters. The highest BCUT2D eigenvalue weighted by atomic mass is 16.6. The molecule has 0 heterocycles. The number of hydrogen-bond donors (Lipinski definition) is 0. The van der Waals surface area contributed by atoms with Crippen LogP contribution in [0.4, 0.5) is 0 Å². The van der Waals surface area contributed by atoms with Gasteiger partial charge >= 0.3 is 17.9 Å². The second kappa shape index (κ2) is 61.7. The van der Waals surface area contributed by atoms with E-state index in [2.05, 4.69) is 81.5 Å². The lowest BCUT2D eigenvalue weighted by Crippen LogP contribution is -2.30. The van der Waals surface area contributed by atoms with Crippen molar-refractivity contribution >= 4 is 17.9 Å². The molecular weight excluding hydrogens is 901 g/mol. The molecule has 6 nitrogen and oxygen atoms in total. The maximum atomic E-state index is 12.8. The molecule has 6 heteroatoms. The maximum absolute atomic E-state index is 12.8. The third kappa shape index (κ3) is 59.9. The number of ether oxygens (including phenoxy) is 3. The van der Waals surface area contributed by atoms with Gasteiger partial charge in [-0.15, -0.1) is 0 Å². The number of carbonyl (C=O) groups is 3. The molecule has 0 N–H and O–H groups in total. The maximum Gasteiger partial charge on any atom is 0.306 e. The first-order valence-corrected chi connectivity index (χ1v) is 31.8. The molecule has 0 aliphatic carbocycles. The summed E-state index contributed by atoms with van der Waals surface area (Å²) >= 11 is 0. The smallest absolute Gasteiger partial charge is 0.306 e. The molecule has 0 fully saturated rings. The average Bonchev–Trinajstić information content (AvgIpc) is 3.39. The molecule has 424 valence electrons. The Bertz CT molecular complexity index is 1310. The van der Waals surface area contributed by atoms with Crippen LogP contribution >= 0.6 is 0 Å². The zero-order chi connectivity index (χ0) is 52.9. The van der Waals surface area contributed by atoms with Gasteiger partial charge in [0.2, 0.25) is 0 Å². The van der Waals surface area contributed by atoms with Crippen LogP contribution in [0.1, 0.15) is 329 Å². The molecule has 0 spiro atoms. The van der Waals surface area contributed by atoms with Gasteiger partial charge in [0.1, 0.15) is 13.2 Å². The fourth-order valence-electron chi connectivity index (χ4n) is 9.25. The largest absolute Gasteiger partial charge is 0.462 e. The Morgan fingerprint density at radius 2 is 0.534 bits per heavy atom. The van der Waals surface area contributed by atoms with Crippen LogP contribution in [-0.4, -0.2) is 37.2 Å². The van der Waals surface area contributed by atoms with E-state index in [4.69, 9.17) is 14.2 Å². The van der Waals surface area contributed by atoms with Crippen LogP contribution < -0.4 is 0 Å². The van der Waals surface area contributed by atoms with Gasteiger partial charge in [-0.25, -0.2) is 0 Å². The fourth-order valence-corrected chi connectivity index (χ4v) is 9.25. The SMILES string of the molecule is CC/C=C\C/C=C\C/C=C\C/C=C\CCCCCCCCCCCCC(=O)OC(COC(=O)CCCCCCC)COC(=O)CCCCCCCCCCCCCCCCC/C=C\CCCCCCCCCC. The van der Waals surface area contributed by atoms with E-state index >= 15 is 0 Å².